The first-order chi connectivity index (χ1) is 28.8. The molecule has 3 aromatic carbocycles. The number of benzene rings is 3. The second-order valence-corrected chi connectivity index (χ2v) is 16.8. The number of aromatic nitrogens is 4. The quantitative estimate of drug-likeness (QED) is 0.0932. The Labute approximate surface area is 348 Å². The molecule has 5 atom stereocenters. The highest BCUT2D eigenvalue weighted by Crippen LogP contribution is 2.48. The number of rotatable bonds is 10. The molecule has 2 fully saturated rings. The van der Waals surface area contributed by atoms with Crippen molar-refractivity contribution in [3.63, 3.8) is 0 Å². The number of amides is 4. The number of imidazole rings is 2. The third-order valence-corrected chi connectivity index (χ3v) is 12.3. The van der Waals surface area contributed by atoms with Crippen LogP contribution in [0.1, 0.15) is 101 Å². The summed E-state index contributed by atoms with van der Waals surface area (Å²) >= 11 is 0. The van der Waals surface area contributed by atoms with Gasteiger partial charge >= 0.3 is 12.2 Å². The Morgan fingerprint density at radius 1 is 0.783 bits per heavy atom. The van der Waals surface area contributed by atoms with E-state index in [1.54, 1.807) is 11.1 Å². The summed E-state index contributed by atoms with van der Waals surface area (Å²) in [5.41, 5.74) is 5.70. The molecule has 5 N–H and O–H groups in total. The third kappa shape index (κ3) is 7.52. The van der Waals surface area contributed by atoms with Gasteiger partial charge in [0, 0.05) is 46.6 Å². The van der Waals surface area contributed by atoms with Crippen molar-refractivity contribution in [2.75, 3.05) is 20.2 Å². The van der Waals surface area contributed by atoms with Crippen LogP contribution in [0.25, 0.3) is 33.3 Å². The molecule has 60 heavy (non-hydrogen) atoms. The number of nitrogens with one attached hydrogen (secondary N) is 4. The van der Waals surface area contributed by atoms with Crippen molar-refractivity contribution in [3.05, 3.63) is 83.7 Å². The standard InChI is InChI=1S/C45H52N8O7/c1-23(2)37(50-44(56)57)42(54)52-17-7-9-34(52)41-47-22-33(49-41)28-13-16-36-31(20-28)25(5)29-14-11-26-19-27(12-15-30(26)39(29)60-36)32-21-46-40(48-32)35-10-8-18-53(35)43(55)38(24(3)4)51-45(58)59-6/h11-16,19-25,34-35,37-38,50H,7-10,17-18H2,1-6H3,(H,46,48)(H,47,49)(H,51,58)(H,56,57)/t25?,34-,35-,37?,38?/m0/s1. The predicted octanol–water partition coefficient (Wildman–Crippen LogP) is 7.88. The zero-order valence-electron chi connectivity index (χ0n) is 34.7. The molecule has 0 aliphatic carbocycles. The summed E-state index contributed by atoms with van der Waals surface area (Å²) in [6.45, 7) is 10.8. The molecule has 3 unspecified atom stereocenters. The van der Waals surface area contributed by atoms with Gasteiger partial charge in [-0.25, -0.2) is 19.6 Å². The fraction of sp³-hybridized carbons (Fsp3) is 0.422. The molecule has 15 nitrogen and oxygen atoms in total. The van der Waals surface area contributed by atoms with Crippen LogP contribution in [0.3, 0.4) is 0 Å². The smallest absolute Gasteiger partial charge is 0.407 e. The van der Waals surface area contributed by atoms with Crippen molar-refractivity contribution in [1.82, 2.24) is 40.4 Å². The number of carbonyl (C=O) groups is 4. The van der Waals surface area contributed by atoms with Gasteiger partial charge in [0.15, 0.2) is 0 Å². The molecule has 0 radical (unpaired) electrons. The summed E-state index contributed by atoms with van der Waals surface area (Å²) in [4.78, 5) is 70.5. The molecular weight excluding hydrogens is 765 g/mol. The molecule has 2 saturated heterocycles. The van der Waals surface area contributed by atoms with Gasteiger partial charge in [-0.15, -0.1) is 0 Å². The Kier molecular flexibility index (Phi) is 11.0. The van der Waals surface area contributed by atoms with Gasteiger partial charge in [0.05, 0.1) is 43.0 Å². The fourth-order valence-electron chi connectivity index (χ4n) is 9.00. The third-order valence-electron chi connectivity index (χ3n) is 12.3. The number of nitrogens with zero attached hydrogens (tertiary/aromatic N) is 4. The fourth-order valence-corrected chi connectivity index (χ4v) is 9.00. The van der Waals surface area contributed by atoms with Gasteiger partial charge in [-0.05, 0) is 73.2 Å². The lowest BCUT2D eigenvalue weighted by atomic mass is 9.86. The van der Waals surface area contributed by atoms with Crippen LogP contribution in [0.15, 0.2) is 60.9 Å². The van der Waals surface area contributed by atoms with Crippen molar-refractivity contribution < 1.29 is 33.8 Å². The highest BCUT2D eigenvalue weighted by Gasteiger charge is 2.39. The Hall–Kier alpha value is -6.38. The van der Waals surface area contributed by atoms with Crippen molar-refractivity contribution in [2.45, 2.75) is 90.4 Å². The zero-order valence-corrected chi connectivity index (χ0v) is 34.7. The molecule has 4 amide bonds. The molecule has 0 saturated carbocycles. The highest BCUT2D eigenvalue weighted by atomic mass is 16.5. The second-order valence-electron chi connectivity index (χ2n) is 16.8. The van der Waals surface area contributed by atoms with Crippen LogP contribution in [0.2, 0.25) is 0 Å². The monoisotopic (exact) mass is 816 g/mol. The summed E-state index contributed by atoms with van der Waals surface area (Å²) in [6, 6.07) is 14.6. The van der Waals surface area contributed by atoms with Crippen LogP contribution in [-0.2, 0) is 14.3 Å². The van der Waals surface area contributed by atoms with Gasteiger partial charge in [-0.2, -0.15) is 0 Å². The van der Waals surface area contributed by atoms with Crippen LogP contribution in [0.5, 0.6) is 11.5 Å². The van der Waals surface area contributed by atoms with E-state index in [9.17, 15) is 24.3 Å². The first-order valence-electron chi connectivity index (χ1n) is 20.8. The topological polar surface area (TPSA) is 195 Å². The van der Waals surface area contributed by atoms with Gasteiger partial charge in [0.1, 0.15) is 35.2 Å². The maximum Gasteiger partial charge on any atom is 0.407 e. The van der Waals surface area contributed by atoms with E-state index < -0.39 is 24.3 Å². The number of likely N-dealkylation sites (tertiary alicyclic amines) is 2. The second kappa shape index (κ2) is 16.3. The van der Waals surface area contributed by atoms with Gasteiger partial charge in [0.2, 0.25) is 11.8 Å². The normalized spacial score (nSPS) is 19.5. The SMILES string of the molecule is COC(=O)NC(C(=O)N1CCC[C@H]1c1ncc(-c2ccc3c4c(ccc3c2)C(C)c2cc(-c3cnc([C@@H]5CCCN5C(=O)C(NC(=O)O)C(C)C)[nH]3)ccc2O4)[nH]1)C(C)C. The predicted molar refractivity (Wildman–Crippen MR) is 224 cm³/mol. The number of methoxy groups -OCH3 is 1. The van der Waals surface area contributed by atoms with Crippen LogP contribution < -0.4 is 15.4 Å². The molecule has 5 heterocycles. The van der Waals surface area contributed by atoms with Crippen LogP contribution in [0, 0.1) is 11.8 Å². The minimum Gasteiger partial charge on any atom is -0.465 e. The summed E-state index contributed by atoms with van der Waals surface area (Å²) in [5.74, 6) is 2.33. The molecule has 3 aliphatic heterocycles. The first-order valence-corrected chi connectivity index (χ1v) is 20.8. The van der Waals surface area contributed by atoms with E-state index in [4.69, 9.17) is 19.4 Å². The number of H-pyrrole nitrogens is 2. The number of alkyl carbamates (subject to hydrolysis) is 1. The summed E-state index contributed by atoms with van der Waals surface area (Å²) in [5, 5.41) is 16.5. The maximum absolute atomic E-state index is 13.6. The average Bonchev–Trinajstić information content (AvgIpc) is 4.08. The summed E-state index contributed by atoms with van der Waals surface area (Å²) < 4.78 is 11.4. The number of hydrogen-bond acceptors (Lipinski definition) is 8. The lowest BCUT2D eigenvalue weighted by molar-refractivity contribution is -0.136. The van der Waals surface area contributed by atoms with Crippen molar-refractivity contribution in [3.8, 4) is 34.0 Å². The van der Waals surface area contributed by atoms with E-state index in [1.807, 2.05) is 50.9 Å². The molecule has 314 valence electrons. The first kappa shape index (κ1) is 40.4. The maximum atomic E-state index is 13.6. The summed E-state index contributed by atoms with van der Waals surface area (Å²) in [6.07, 6.45) is 4.90. The highest BCUT2D eigenvalue weighted by molar-refractivity contribution is 5.94. The Balaban J connectivity index is 0.992. The number of ether oxygens (including phenoxy) is 2. The van der Waals surface area contributed by atoms with E-state index in [0.29, 0.717) is 24.7 Å². The number of aromatic amines is 2. The molecule has 0 bridgehead atoms. The van der Waals surface area contributed by atoms with Crippen molar-refractivity contribution >= 4 is 34.8 Å². The lowest BCUT2D eigenvalue weighted by Crippen LogP contribution is -2.51. The van der Waals surface area contributed by atoms with Gasteiger partial charge in [-0.1, -0.05) is 52.8 Å². The average molecular weight is 817 g/mol. The largest absolute Gasteiger partial charge is 0.465 e. The van der Waals surface area contributed by atoms with Crippen LogP contribution in [-0.4, -0.2) is 91.1 Å². The van der Waals surface area contributed by atoms with Gasteiger partial charge < -0.3 is 45.0 Å². The minimum absolute atomic E-state index is 0.0400. The van der Waals surface area contributed by atoms with E-state index in [1.165, 1.54) is 7.11 Å². The van der Waals surface area contributed by atoms with E-state index in [2.05, 4.69) is 63.9 Å². The summed E-state index contributed by atoms with van der Waals surface area (Å²) in [7, 11) is 1.29. The number of fused-ring (bicyclic) bond motifs is 4. The van der Waals surface area contributed by atoms with Crippen molar-refractivity contribution in [2.24, 2.45) is 11.8 Å². The number of carbonyl (C=O) groups excluding carboxylic acids is 3. The van der Waals surface area contributed by atoms with Gasteiger partial charge in [0.25, 0.3) is 0 Å². The number of carboxylic acid groups (broad SMARTS) is 1. The number of hydrogen-bond donors (Lipinski definition) is 5. The lowest BCUT2D eigenvalue weighted by Gasteiger charge is -2.30. The molecule has 2 aromatic heterocycles. The van der Waals surface area contributed by atoms with E-state index in [-0.39, 0.29) is 41.7 Å². The Morgan fingerprint density at radius 2 is 1.35 bits per heavy atom. The van der Waals surface area contributed by atoms with E-state index >= 15 is 0 Å². The van der Waals surface area contributed by atoms with Crippen LogP contribution >= 0.6 is 0 Å². The van der Waals surface area contributed by atoms with Crippen molar-refractivity contribution in [1.29, 1.82) is 0 Å². The molecule has 15 heteroatoms. The van der Waals surface area contributed by atoms with Crippen LogP contribution in [0.4, 0.5) is 9.59 Å². The molecular formula is C45H52N8O7. The molecule has 5 aromatic rings. The molecule has 8 rings (SSSR count). The minimum atomic E-state index is -1.22. The molecule has 0 spiro atoms. The van der Waals surface area contributed by atoms with Gasteiger partial charge in [-0.3, -0.25) is 9.59 Å². The Bertz CT molecular complexity index is 2460. The Morgan fingerprint density at radius 3 is 1.92 bits per heavy atom. The zero-order chi connectivity index (χ0) is 42.4. The molecule has 3 aliphatic rings. The van der Waals surface area contributed by atoms with E-state index in [0.717, 1.165) is 81.6 Å².